The van der Waals surface area contributed by atoms with Crippen molar-refractivity contribution in [3.63, 3.8) is 0 Å². The van der Waals surface area contributed by atoms with E-state index in [1.807, 2.05) is 13.8 Å². The smallest absolute Gasteiger partial charge is 0.267 e. The molecule has 1 aromatic heterocycles. The van der Waals surface area contributed by atoms with Crippen LogP contribution in [0.4, 0.5) is 4.39 Å². The second-order valence-electron chi connectivity index (χ2n) is 9.23. The lowest BCUT2D eigenvalue weighted by Gasteiger charge is -2.36. The van der Waals surface area contributed by atoms with E-state index in [1.54, 1.807) is 16.4 Å². The summed E-state index contributed by atoms with van der Waals surface area (Å²) in [6.07, 6.45) is 5.95. The van der Waals surface area contributed by atoms with Crippen LogP contribution in [0.25, 0.3) is 10.9 Å². The Bertz CT molecular complexity index is 1060. The third-order valence-corrected chi connectivity index (χ3v) is 8.44. The highest BCUT2D eigenvalue weighted by molar-refractivity contribution is 7.88. The van der Waals surface area contributed by atoms with E-state index in [0.29, 0.717) is 29.2 Å². The molecule has 0 spiro atoms. The number of rotatable bonds is 6. The molecule has 3 atom stereocenters. The number of nitrogens with one attached hydrogen (secondary N) is 2. The second kappa shape index (κ2) is 9.11. The molecule has 7 nitrogen and oxygen atoms in total. The first kappa shape index (κ1) is 23.2. The SMILES string of the molecule is CCN(C1CCN([C@H]2CCC[C@@H](NC(=O)c3cc4c(F)ccc(C)c4[nH]3)C2)C1)S(C)(=O)=O. The number of aryl methyl sites for hydroxylation is 1. The summed E-state index contributed by atoms with van der Waals surface area (Å²) in [6, 6.07) is 5.12. The topological polar surface area (TPSA) is 85.5 Å². The predicted molar refractivity (Wildman–Crippen MR) is 124 cm³/mol. The molecule has 2 fully saturated rings. The Morgan fingerprint density at radius 1 is 1.31 bits per heavy atom. The van der Waals surface area contributed by atoms with Gasteiger partial charge in [-0.2, -0.15) is 4.31 Å². The van der Waals surface area contributed by atoms with Crippen LogP contribution in [0.2, 0.25) is 0 Å². The third kappa shape index (κ3) is 4.70. The molecule has 1 saturated heterocycles. The number of likely N-dealkylation sites (tertiary alicyclic amines) is 1. The molecule has 2 aliphatic rings. The summed E-state index contributed by atoms with van der Waals surface area (Å²) in [5.41, 5.74) is 1.94. The monoisotopic (exact) mass is 464 g/mol. The number of halogens is 1. The fourth-order valence-electron chi connectivity index (χ4n) is 5.44. The number of carbonyl (C=O) groups excluding carboxylic acids is 1. The second-order valence-corrected chi connectivity index (χ2v) is 11.2. The van der Waals surface area contributed by atoms with Gasteiger partial charge in [0, 0.05) is 43.1 Å². The van der Waals surface area contributed by atoms with Gasteiger partial charge in [-0.15, -0.1) is 0 Å². The summed E-state index contributed by atoms with van der Waals surface area (Å²) in [7, 11) is -3.21. The number of aromatic amines is 1. The standard InChI is InChI=1S/C23H33FN4O3S/c1-4-28(32(3,30)31)18-10-11-27(14-18)17-7-5-6-16(12-17)25-23(29)21-13-19-20(24)9-8-15(2)22(19)26-21/h8-9,13,16-18,26H,4-7,10-12,14H2,1-3H3,(H,25,29)/t16-,17+,18?/m1/s1. The molecule has 1 aliphatic heterocycles. The Morgan fingerprint density at radius 2 is 2.09 bits per heavy atom. The zero-order valence-corrected chi connectivity index (χ0v) is 19.8. The maximum absolute atomic E-state index is 14.1. The zero-order chi connectivity index (χ0) is 23.0. The molecule has 9 heteroatoms. The Hall–Kier alpha value is -1.97. The van der Waals surface area contributed by atoms with E-state index in [1.165, 1.54) is 12.3 Å². The molecule has 0 bridgehead atoms. The van der Waals surface area contributed by atoms with E-state index in [0.717, 1.165) is 50.8 Å². The number of benzene rings is 1. The number of hydrogen-bond donors (Lipinski definition) is 2. The van der Waals surface area contributed by atoms with Crippen LogP contribution in [0.1, 0.15) is 55.1 Å². The van der Waals surface area contributed by atoms with Gasteiger partial charge in [-0.3, -0.25) is 9.69 Å². The Balaban J connectivity index is 1.39. The number of likely N-dealkylation sites (N-methyl/N-ethyl adjacent to an activating group) is 1. The van der Waals surface area contributed by atoms with Crippen molar-refractivity contribution in [1.82, 2.24) is 19.5 Å². The average molecular weight is 465 g/mol. The van der Waals surface area contributed by atoms with Gasteiger partial charge >= 0.3 is 0 Å². The van der Waals surface area contributed by atoms with E-state index in [4.69, 9.17) is 0 Å². The van der Waals surface area contributed by atoms with E-state index in [-0.39, 0.29) is 23.8 Å². The average Bonchev–Trinajstić information content (AvgIpc) is 3.39. The first-order valence-corrected chi connectivity index (χ1v) is 13.3. The molecule has 176 valence electrons. The highest BCUT2D eigenvalue weighted by atomic mass is 32.2. The lowest BCUT2D eigenvalue weighted by atomic mass is 9.90. The number of hydrogen-bond acceptors (Lipinski definition) is 4. The van der Waals surface area contributed by atoms with Crippen molar-refractivity contribution in [2.24, 2.45) is 0 Å². The van der Waals surface area contributed by atoms with Gasteiger partial charge in [0.2, 0.25) is 10.0 Å². The molecule has 1 saturated carbocycles. The summed E-state index contributed by atoms with van der Waals surface area (Å²) >= 11 is 0. The van der Waals surface area contributed by atoms with Crippen molar-refractivity contribution in [1.29, 1.82) is 0 Å². The van der Waals surface area contributed by atoms with Gasteiger partial charge in [0.1, 0.15) is 11.5 Å². The number of fused-ring (bicyclic) bond motifs is 1. The molecular weight excluding hydrogens is 431 g/mol. The number of carbonyl (C=O) groups is 1. The Morgan fingerprint density at radius 3 is 2.78 bits per heavy atom. The maximum Gasteiger partial charge on any atom is 0.267 e. The van der Waals surface area contributed by atoms with Crippen LogP contribution in [0.15, 0.2) is 18.2 Å². The van der Waals surface area contributed by atoms with E-state index >= 15 is 0 Å². The van der Waals surface area contributed by atoms with Crippen LogP contribution in [0.3, 0.4) is 0 Å². The number of sulfonamides is 1. The van der Waals surface area contributed by atoms with Crippen molar-refractivity contribution in [2.75, 3.05) is 25.9 Å². The molecule has 2 aromatic rings. The van der Waals surface area contributed by atoms with Crippen LogP contribution in [-0.4, -0.2) is 72.5 Å². The zero-order valence-electron chi connectivity index (χ0n) is 19.0. The quantitative estimate of drug-likeness (QED) is 0.688. The van der Waals surface area contributed by atoms with Crippen LogP contribution in [0.5, 0.6) is 0 Å². The molecule has 2 heterocycles. The first-order valence-electron chi connectivity index (χ1n) is 11.5. The van der Waals surface area contributed by atoms with Gasteiger partial charge in [0.05, 0.1) is 11.8 Å². The Labute approximate surface area is 189 Å². The van der Waals surface area contributed by atoms with E-state index < -0.39 is 10.0 Å². The lowest BCUT2D eigenvalue weighted by molar-refractivity contribution is 0.0897. The largest absolute Gasteiger partial charge is 0.350 e. The molecule has 32 heavy (non-hydrogen) atoms. The number of amides is 1. The van der Waals surface area contributed by atoms with Gasteiger partial charge in [-0.1, -0.05) is 13.0 Å². The fraction of sp³-hybridized carbons (Fsp3) is 0.609. The van der Waals surface area contributed by atoms with Gasteiger partial charge in [-0.05, 0) is 56.7 Å². The van der Waals surface area contributed by atoms with Crippen LogP contribution in [-0.2, 0) is 10.0 Å². The van der Waals surface area contributed by atoms with Crippen molar-refractivity contribution in [3.8, 4) is 0 Å². The number of nitrogens with zero attached hydrogens (tertiary/aromatic N) is 2. The molecule has 1 aliphatic carbocycles. The maximum atomic E-state index is 14.1. The molecular formula is C23H33FN4O3S. The fourth-order valence-corrected chi connectivity index (χ4v) is 6.62. The van der Waals surface area contributed by atoms with Crippen molar-refractivity contribution >= 4 is 26.8 Å². The molecule has 0 radical (unpaired) electrons. The molecule has 1 amide bonds. The lowest BCUT2D eigenvalue weighted by Crippen LogP contribution is -2.47. The van der Waals surface area contributed by atoms with E-state index in [9.17, 15) is 17.6 Å². The Kier molecular flexibility index (Phi) is 6.61. The van der Waals surface area contributed by atoms with Gasteiger partial charge in [0.15, 0.2) is 0 Å². The van der Waals surface area contributed by atoms with Crippen LogP contribution >= 0.6 is 0 Å². The summed E-state index contributed by atoms with van der Waals surface area (Å²) in [4.78, 5) is 18.3. The minimum absolute atomic E-state index is 0.0226. The van der Waals surface area contributed by atoms with E-state index in [2.05, 4.69) is 15.2 Å². The van der Waals surface area contributed by atoms with Crippen molar-refractivity contribution < 1.29 is 17.6 Å². The summed E-state index contributed by atoms with van der Waals surface area (Å²) < 4.78 is 39.9. The van der Waals surface area contributed by atoms with Crippen LogP contribution < -0.4 is 5.32 Å². The highest BCUT2D eigenvalue weighted by Crippen LogP contribution is 2.29. The summed E-state index contributed by atoms with van der Waals surface area (Å²) in [5.74, 6) is -0.545. The summed E-state index contributed by atoms with van der Waals surface area (Å²) in [6.45, 7) is 5.88. The molecule has 4 rings (SSSR count). The molecule has 2 N–H and O–H groups in total. The normalized spacial score (nSPS) is 25.0. The van der Waals surface area contributed by atoms with Crippen molar-refractivity contribution in [3.05, 3.63) is 35.3 Å². The number of aromatic nitrogens is 1. The van der Waals surface area contributed by atoms with Crippen molar-refractivity contribution in [2.45, 2.75) is 64.1 Å². The third-order valence-electron chi connectivity index (χ3n) is 7.03. The molecule has 1 aromatic carbocycles. The van der Waals surface area contributed by atoms with Gasteiger partial charge < -0.3 is 10.3 Å². The minimum Gasteiger partial charge on any atom is -0.350 e. The van der Waals surface area contributed by atoms with Crippen LogP contribution in [0, 0.1) is 12.7 Å². The number of H-pyrrole nitrogens is 1. The highest BCUT2D eigenvalue weighted by Gasteiger charge is 2.36. The molecule has 1 unspecified atom stereocenters. The van der Waals surface area contributed by atoms with Gasteiger partial charge in [-0.25, -0.2) is 12.8 Å². The van der Waals surface area contributed by atoms with Gasteiger partial charge in [0.25, 0.3) is 5.91 Å². The first-order chi connectivity index (χ1) is 15.2. The minimum atomic E-state index is -3.21. The predicted octanol–water partition coefficient (Wildman–Crippen LogP) is 3.01. The summed E-state index contributed by atoms with van der Waals surface area (Å²) in [5, 5.41) is 3.57.